The van der Waals surface area contributed by atoms with Crippen molar-refractivity contribution in [3.63, 3.8) is 0 Å². The molecule has 0 aromatic heterocycles. The normalized spacial score (nSPS) is 25.4. The molecule has 1 aliphatic rings. The van der Waals surface area contributed by atoms with Crippen LogP contribution in [0.4, 0.5) is 10.1 Å². The molecule has 1 aliphatic heterocycles. The van der Waals surface area contributed by atoms with Crippen molar-refractivity contribution >= 4 is 22.6 Å². The molecule has 2 atom stereocenters. The number of thioether (sulfide) groups is 1. The third-order valence-corrected chi connectivity index (χ3v) is 4.64. The van der Waals surface area contributed by atoms with E-state index in [1.165, 1.54) is 23.9 Å². The molecular formula is C15H20FN3OS. The maximum Gasteiger partial charge on any atom is 0.155 e. The monoisotopic (exact) mass is 309 g/mol. The maximum atomic E-state index is 14.2. The number of hydrogen-bond acceptors (Lipinski definition) is 5. The van der Waals surface area contributed by atoms with Gasteiger partial charge in [0.15, 0.2) is 5.17 Å². The van der Waals surface area contributed by atoms with Crippen molar-refractivity contribution in [2.75, 3.05) is 19.5 Å². The summed E-state index contributed by atoms with van der Waals surface area (Å²) in [4.78, 5) is 4.47. The van der Waals surface area contributed by atoms with Crippen LogP contribution in [0.2, 0.25) is 0 Å². The van der Waals surface area contributed by atoms with Crippen LogP contribution in [-0.4, -0.2) is 24.1 Å². The second-order valence-corrected chi connectivity index (χ2v) is 6.36. The van der Waals surface area contributed by atoms with Gasteiger partial charge in [-0.2, -0.15) is 0 Å². The Kier molecular flexibility index (Phi) is 4.90. The Labute approximate surface area is 128 Å². The van der Waals surface area contributed by atoms with E-state index in [2.05, 4.69) is 11.6 Å². The molecule has 2 rings (SSSR count). The summed E-state index contributed by atoms with van der Waals surface area (Å²) in [5.41, 5.74) is 11.8. The van der Waals surface area contributed by atoms with Gasteiger partial charge in [0.2, 0.25) is 0 Å². The van der Waals surface area contributed by atoms with Gasteiger partial charge in [0, 0.05) is 30.2 Å². The first-order valence-electron chi connectivity index (χ1n) is 6.71. The van der Waals surface area contributed by atoms with E-state index in [1.54, 1.807) is 19.3 Å². The van der Waals surface area contributed by atoms with Gasteiger partial charge in [-0.05, 0) is 31.0 Å². The number of halogens is 1. The summed E-state index contributed by atoms with van der Waals surface area (Å²) in [7, 11) is 1.66. The summed E-state index contributed by atoms with van der Waals surface area (Å²) in [6, 6.07) is 4.49. The van der Waals surface area contributed by atoms with Crippen molar-refractivity contribution in [2.24, 2.45) is 10.7 Å². The van der Waals surface area contributed by atoms with Crippen LogP contribution in [0.25, 0.3) is 0 Å². The van der Waals surface area contributed by atoms with Crippen LogP contribution >= 0.6 is 11.8 Å². The Balaban J connectivity index is 2.42. The molecule has 1 aromatic carbocycles. The average molecular weight is 309 g/mol. The molecule has 0 radical (unpaired) electrons. The molecule has 21 heavy (non-hydrogen) atoms. The SMILES string of the molecule is C=CC1(c2cc(N)ccc2F)CC(CCOC)SC(N)=N1. The second-order valence-electron chi connectivity index (χ2n) is 5.04. The van der Waals surface area contributed by atoms with Gasteiger partial charge in [0.25, 0.3) is 0 Å². The molecule has 1 heterocycles. The van der Waals surface area contributed by atoms with Gasteiger partial charge >= 0.3 is 0 Å². The van der Waals surface area contributed by atoms with Gasteiger partial charge in [-0.25, -0.2) is 9.38 Å². The number of nitrogen functional groups attached to an aromatic ring is 1. The minimum Gasteiger partial charge on any atom is -0.399 e. The van der Waals surface area contributed by atoms with Gasteiger partial charge < -0.3 is 16.2 Å². The topological polar surface area (TPSA) is 73.6 Å². The van der Waals surface area contributed by atoms with E-state index in [1.807, 2.05) is 0 Å². The standard InChI is InChI=1S/C15H20FN3OS/c1-3-15(12-8-10(17)4-5-13(12)16)9-11(6-7-20-2)21-14(18)19-15/h3-5,8,11H,1,6-7,9,17H2,2H3,(H2,18,19). The quantitative estimate of drug-likeness (QED) is 0.648. The zero-order valence-electron chi connectivity index (χ0n) is 12.0. The third-order valence-electron chi connectivity index (χ3n) is 3.57. The lowest BCUT2D eigenvalue weighted by molar-refractivity contribution is 0.191. The van der Waals surface area contributed by atoms with Gasteiger partial charge in [-0.15, -0.1) is 6.58 Å². The number of ether oxygens (including phenoxy) is 1. The lowest BCUT2D eigenvalue weighted by Gasteiger charge is -2.35. The van der Waals surface area contributed by atoms with Crippen LogP contribution in [0.1, 0.15) is 18.4 Å². The highest BCUT2D eigenvalue weighted by molar-refractivity contribution is 8.14. The molecule has 2 unspecified atom stereocenters. The number of benzene rings is 1. The summed E-state index contributed by atoms with van der Waals surface area (Å²) in [5.74, 6) is -0.349. The Morgan fingerprint density at radius 3 is 3.00 bits per heavy atom. The van der Waals surface area contributed by atoms with Crippen LogP contribution in [0, 0.1) is 5.82 Å². The molecule has 0 saturated heterocycles. The fourth-order valence-corrected chi connectivity index (χ4v) is 3.63. The summed E-state index contributed by atoms with van der Waals surface area (Å²) in [6.07, 6.45) is 3.08. The van der Waals surface area contributed by atoms with Crippen LogP contribution < -0.4 is 11.5 Å². The maximum absolute atomic E-state index is 14.2. The molecule has 4 nitrogen and oxygen atoms in total. The fourth-order valence-electron chi connectivity index (χ4n) is 2.52. The predicted molar refractivity (Wildman–Crippen MR) is 86.8 cm³/mol. The fraction of sp³-hybridized carbons (Fsp3) is 0.400. The Hall–Kier alpha value is -1.53. The van der Waals surface area contributed by atoms with Crippen molar-refractivity contribution in [3.05, 3.63) is 42.2 Å². The minimum atomic E-state index is -0.868. The van der Waals surface area contributed by atoms with Crippen LogP contribution in [0.3, 0.4) is 0 Å². The lowest BCUT2D eigenvalue weighted by Crippen LogP contribution is -2.35. The lowest BCUT2D eigenvalue weighted by atomic mass is 9.84. The Morgan fingerprint density at radius 2 is 2.33 bits per heavy atom. The smallest absolute Gasteiger partial charge is 0.155 e. The van der Waals surface area contributed by atoms with Crippen LogP contribution in [0.5, 0.6) is 0 Å². The Bertz CT molecular complexity index is 564. The number of anilines is 1. The van der Waals surface area contributed by atoms with Crippen molar-refractivity contribution in [3.8, 4) is 0 Å². The molecule has 0 aliphatic carbocycles. The first kappa shape index (κ1) is 15.9. The van der Waals surface area contributed by atoms with Gasteiger partial charge in [-0.1, -0.05) is 17.8 Å². The van der Waals surface area contributed by atoms with E-state index in [0.717, 1.165) is 6.42 Å². The zero-order valence-corrected chi connectivity index (χ0v) is 12.8. The summed E-state index contributed by atoms with van der Waals surface area (Å²) in [5, 5.41) is 0.630. The van der Waals surface area contributed by atoms with Crippen molar-refractivity contribution in [1.29, 1.82) is 0 Å². The number of aliphatic imine (C=N–C) groups is 1. The summed E-state index contributed by atoms with van der Waals surface area (Å²) < 4.78 is 19.4. The zero-order chi connectivity index (χ0) is 15.5. The van der Waals surface area contributed by atoms with E-state index in [4.69, 9.17) is 16.2 Å². The number of nitrogens with two attached hydrogens (primary N) is 2. The molecule has 0 saturated carbocycles. The van der Waals surface area contributed by atoms with Crippen molar-refractivity contribution in [2.45, 2.75) is 23.6 Å². The molecule has 1 aromatic rings. The predicted octanol–water partition coefficient (Wildman–Crippen LogP) is 2.65. The van der Waals surface area contributed by atoms with E-state index in [0.29, 0.717) is 29.4 Å². The first-order chi connectivity index (χ1) is 10.0. The summed E-state index contributed by atoms with van der Waals surface area (Å²) in [6.45, 7) is 4.46. The molecule has 4 N–H and O–H groups in total. The van der Waals surface area contributed by atoms with E-state index in [9.17, 15) is 4.39 Å². The average Bonchev–Trinajstić information content (AvgIpc) is 2.47. The number of methoxy groups -OCH3 is 1. The van der Waals surface area contributed by atoms with E-state index >= 15 is 0 Å². The number of hydrogen-bond donors (Lipinski definition) is 2. The third kappa shape index (κ3) is 3.39. The summed E-state index contributed by atoms with van der Waals surface area (Å²) >= 11 is 1.49. The molecule has 0 fully saturated rings. The molecule has 0 bridgehead atoms. The van der Waals surface area contributed by atoms with Crippen molar-refractivity contribution in [1.82, 2.24) is 0 Å². The van der Waals surface area contributed by atoms with Gasteiger partial charge in [0.05, 0.1) is 0 Å². The highest BCUT2D eigenvalue weighted by Gasteiger charge is 2.38. The molecular weight excluding hydrogens is 289 g/mol. The second kappa shape index (κ2) is 6.49. The first-order valence-corrected chi connectivity index (χ1v) is 7.58. The number of rotatable bonds is 5. The highest BCUT2D eigenvalue weighted by Crippen LogP contribution is 2.42. The van der Waals surface area contributed by atoms with Crippen molar-refractivity contribution < 1.29 is 9.13 Å². The van der Waals surface area contributed by atoms with E-state index in [-0.39, 0.29) is 11.1 Å². The molecule has 0 spiro atoms. The van der Waals surface area contributed by atoms with Crippen LogP contribution in [-0.2, 0) is 10.3 Å². The number of nitrogens with zero attached hydrogens (tertiary/aromatic N) is 1. The Morgan fingerprint density at radius 1 is 1.57 bits per heavy atom. The molecule has 114 valence electrons. The van der Waals surface area contributed by atoms with Crippen LogP contribution in [0.15, 0.2) is 35.8 Å². The highest BCUT2D eigenvalue weighted by atomic mass is 32.2. The molecule has 0 amide bonds. The van der Waals surface area contributed by atoms with Gasteiger partial charge in [-0.3, -0.25) is 0 Å². The minimum absolute atomic E-state index is 0.196. The number of amidine groups is 1. The van der Waals surface area contributed by atoms with Gasteiger partial charge in [0.1, 0.15) is 11.4 Å². The van der Waals surface area contributed by atoms with E-state index < -0.39 is 5.54 Å². The largest absolute Gasteiger partial charge is 0.399 e. The molecule has 6 heteroatoms.